The van der Waals surface area contributed by atoms with Gasteiger partial charge < -0.3 is 14.4 Å². The lowest BCUT2D eigenvalue weighted by molar-refractivity contribution is -0.134. The van der Waals surface area contributed by atoms with Crippen LogP contribution in [-0.2, 0) is 9.59 Å². The van der Waals surface area contributed by atoms with Crippen LogP contribution < -0.4 is 10.2 Å². The van der Waals surface area contributed by atoms with Gasteiger partial charge in [-0.3, -0.25) is 14.9 Å². The maximum atomic E-state index is 12.3. The number of rotatable bonds is 3. The Morgan fingerprint density at radius 3 is 2.87 bits per heavy atom. The van der Waals surface area contributed by atoms with Crippen LogP contribution in [0.4, 0.5) is 5.69 Å². The molecule has 0 radical (unpaired) electrons. The van der Waals surface area contributed by atoms with Crippen molar-refractivity contribution in [3.8, 4) is 11.5 Å². The number of aliphatic hydroxyl groups excluding tert-OH is 1. The molecule has 3 heterocycles. The summed E-state index contributed by atoms with van der Waals surface area (Å²) in [5.74, 6) is -0.783. The van der Waals surface area contributed by atoms with Crippen molar-refractivity contribution >= 4 is 40.2 Å². The van der Waals surface area contributed by atoms with Crippen LogP contribution in [0, 0.1) is 0 Å². The lowest BCUT2D eigenvalue weighted by atomic mass is 9.89. The van der Waals surface area contributed by atoms with Gasteiger partial charge in [-0.25, -0.2) is 4.98 Å². The Kier molecular flexibility index (Phi) is 4.84. The summed E-state index contributed by atoms with van der Waals surface area (Å²) in [5, 5.41) is 12.9. The van der Waals surface area contributed by atoms with Gasteiger partial charge in [0.15, 0.2) is 5.58 Å². The summed E-state index contributed by atoms with van der Waals surface area (Å²) < 4.78 is 5.93. The zero-order valence-electron chi connectivity index (χ0n) is 16.3. The summed E-state index contributed by atoms with van der Waals surface area (Å²) in [5.41, 5.74) is 3.17. The van der Waals surface area contributed by atoms with Crippen molar-refractivity contribution in [2.24, 2.45) is 0 Å². The first-order chi connectivity index (χ1) is 15.0. The van der Waals surface area contributed by atoms with E-state index >= 15 is 0 Å². The van der Waals surface area contributed by atoms with Crippen LogP contribution in [0.5, 0.6) is 0 Å². The van der Waals surface area contributed by atoms with E-state index in [2.05, 4.69) is 10.3 Å². The molecule has 2 N–H and O–H groups in total. The van der Waals surface area contributed by atoms with Crippen LogP contribution in [0.25, 0.3) is 22.6 Å². The number of aromatic nitrogens is 1. The zero-order valence-corrected chi connectivity index (χ0v) is 17.0. The first kappa shape index (κ1) is 19.5. The summed E-state index contributed by atoms with van der Waals surface area (Å²) in [6, 6.07) is 10.8. The van der Waals surface area contributed by atoms with Gasteiger partial charge in [-0.2, -0.15) is 0 Å². The molecule has 1 saturated heterocycles. The molecule has 156 valence electrons. The summed E-state index contributed by atoms with van der Waals surface area (Å²) in [6.07, 6.45) is 7.01. The lowest BCUT2D eigenvalue weighted by Crippen LogP contribution is -2.39. The van der Waals surface area contributed by atoms with Gasteiger partial charge in [-0.15, -0.1) is 0 Å². The SMILES string of the molecule is O=C1CCC(c2cccc(-c3nc4cc(N5C=CC=CC5O)ccc4o3)c2Cl)C(=O)N1. The van der Waals surface area contributed by atoms with Gasteiger partial charge in [0, 0.05) is 18.3 Å². The maximum absolute atomic E-state index is 12.3. The number of aliphatic hydroxyl groups is 1. The summed E-state index contributed by atoms with van der Waals surface area (Å²) in [4.78, 5) is 30.1. The third-order valence-electron chi connectivity index (χ3n) is 5.47. The highest BCUT2D eigenvalue weighted by Gasteiger charge is 2.30. The molecule has 2 aliphatic heterocycles. The second-order valence-corrected chi connectivity index (χ2v) is 7.81. The summed E-state index contributed by atoms with van der Waals surface area (Å²) >= 11 is 6.66. The fraction of sp³-hybridized carbons (Fsp3) is 0.174. The van der Waals surface area contributed by atoms with E-state index in [1.807, 2.05) is 18.2 Å². The average Bonchev–Trinajstić information content (AvgIpc) is 3.18. The van der Waals surface area contributed by atoms with E-state index < -0.39 is 12.1 Å². The Bertz CT molecular complexity index is 1260. The minimum atomic E-state index is -0.756. The van der Waals surface area contributed by atoms with Gasteiger partial charge in [0.05, 0.1) is 16.5 Å². The van der Waals surface area contributed by atoms with E-state index in [4.69, 9.17) is 16.0 Å². The number of hydrogen-bond acceptors (Lipinski definition) is 6. The molecule has 7 nitrogen and oxygen atoms in total. The molecule has 0 spiro atoms. The number of hydrogen-bond donors (Lipinski definition) is 2. The number of nitrogens with zero attached hydrogens (tertiary/aromatic N) is 2. The van der Waals surface area contributed by atoms with Gasteiger partial charge in [0.25, 0.3) is 0 Å². The van der Waals surface area contributed by atoms with Crippen LogP contribution >= 0.6 is 11.6 Å². The molecule has 2 aliphatic rings. The first-order valence-corrected chi connectivity index (χ1v) is 10.2. The van der Waals surface area contributed by atoms with Gasteiger partial charge in [-0.05, 0) is 48.4 Å². The number of oxazole rings is 1. The predicted octanol–water partition coefficient (Wildman–Crippen LogP) is 3.88. The Hall–Kier alpha value is -3.42. The Balaban J connectivity index is 1.51. The van der Waals surface area contributed by atoms with Gasteiger partial charge in [-0.1, -0.05) is 29.8 Å². The average molecular weight is 436 g/mol. The third kappa shape index (κ3) is 3.52. The Morgan fingerprint density at radius 2 is 2.06 bits per heavy atom. The second kappa shape index (κ2) is 7.68. The molecule has 1 aromatic heterocycles. The smallest absolute Gasteiger partial charge is 0.234 e. The Morgan fingerprint density at radius 1 is 1.19 bits per heavy atom. The number of carbonyl (C=O) groups is 2. The third-order valence-corrected chi connectivity index (χ3v) is 5.89. The highest BCUT2D eigenvalue weighted by molar-refractivity contribution is 6.34. The number of anilines is 1. The second-order valence-electron chi connectivity index (χ2n) is 7.43. The number of fused-ring (bicyclic) bond motifs is 1. The first-order valence-electron chi connectivity index (χ1n) is 9.86. The molecule has 3 aromatic rings. The van der Waals surface area contributed by atoms with Crippen LogP contribution in [0.15, 0.2) is 65.2 Å². The summed E-state index contributed by atoms with van der Waals surface area (Å²) in [6.45, 7) is 0. The molecule has 0 bridgehead atoms. The van der Waals surface area contributed by atoms with Crippen molar-refractivity contribution in [2.45, 2.75) is 25.0 Å². The molecule has 1 fully saturated rings. The van der Waals surface area contributed by atoms with Crippen LogP contribution in [0.2, 0.25) is 5.02 Å². The van der Waals surface area contributed by atoms with Crippen molar-refractivity contribution in [3.05, 3.63) is 71.4 Å². The normalized spacial score (nSPS) is 21.0. The molecule has 2 amide bonds. The van der Waals surface area contributed by atoms with E-state index in [9.17, 15) is 14.7 Å². The molecule has 0 saturated carbocycles. The van der Waals surface area contributed by atoms with E-state index in [0.29, 0.717) is 39.6 Å². The molecular weight excluding hydrogens is 418 g/mol. The number of nitrogens with one attached hydrogen (secondary N) is 1. The minimum Gasteiger partial charge on any atom is -0.436 e. The van der Waals surface area contributed by atoms with E-state index in [-0.39, 0.29) is 18.2 Å². The van der Waals surface area contributed by atoms with Crippen LogP contribution in [0.1, 0.15) is 24.3 Å². The number of imide groups is 1. The van der Waals surface area contributed by atoms with Crippen molar-refractivity contribution in [2.75, 3.05) is 4.90 Å². The molecule has 0 aliphatic carbocycles. The monoisotopic (exact) mass is 435 g/mol. The van der Waals surface area contributed by atoms with E-state index in [1.165, 1.54) is 0 Å². The van der Waals surface area contributed by atoms with Crippen LogP contribution in [-0.4, -0.2) is 28.1 Å². The number of benzene rings is 2. The van der Waals surface area contributed by atoms with Gasteiger partial charge in [0.1, 0.15) is 11.7 Å². The Labute approximate surface area is 182 Å². The number of amides is 2. The van der Waals surface area contributed by atoms with E-state index in [0.717, 1.165) is 5.69 Å². The summed E-state index contributed by atoms with van der Waals surface area (Å²) in [7, 11) is 0. The highest BCUT2D eigenvalue weighted by atomic mass is 35.5. The molecule has 8 heteroatoms. The molecule has 2 aromatic carbocycles. The number of halogens is 1. The number of carbonyl (C=O) groups excluding carboxylic acids is 2. The molecular formula is C23H18ClN3O4. The largest absolute Gasteiger partial charge is 0.436 e. The zero-order chi connectivity index (χ0) is 21.5. The van der Waals surface area contributed by atoms with Gasteiger partial charge in [0.2, 0.25) is 17.7 Å². The molecule has 5 rings (SSSR count). The maximum Gasteiger partial charge on any atom is 0.234 e. The molecule has 2 atom stereocenters. The van der Waals surface area contributed by atoms with Gasteiger partial charge >= 0.3 is 0 Å². The van der Waals surface area contributed by atoms with Crippen molar-refractivity contribution in [1.82, 2.24) is 10.3 Å². The predicted molar refractivity (Wildman–Crippen MR) is 116 cm³/mol. The lowest BCUT2D eigenvalue weighted by Gasteiger charge is -2.26. The number of allylic oxidation sites excluding steroid dienone is 2. The molecule has 2 unspecified atom stereocenters. The van der Waals surface area contributed by atoms with E-state index in [1.54, 1.807) is 47.5 Å². The highest BCUT2D eigenvalue weighted by Crippen LogP contribution is 2.38. The van der Waals surface area contributed by atoms with Crippen molar-refractivity contribution < 1.29 is 19.1 Å². The number of piperidine rings is 1. The minimum absolute atomic E-state index is 0.271. The van der Waals surface area contributed by atoms with Crippen molar-refractivity contribution in [1.29, 1.82) is 0 Å². The topological polar surface area (TPSA) is 95.7 Å². The van der Waals surface area contributed by atoms with Crippen molar-refractivity contribution in [3.63, 3.8) is 0 Å². The van der Waals surface area contributed by atoms with Crippen LogP contribution in [0.3, 0.4) is 0 Å². The fourth-order valence-corrected chi connectivity index (χ4v) is 4.23. The fourth-order valence-electron chi connectivity index (χ4n) is 3.89. The standard InChI is InChI=1S/C23H18ClN3O4/c24-21-14(15-8-10-19(28)26-22(15)30)4-3-5-16(21)23-25-17-12-13(7-9-18(17)31-23)27-11-2-1-6-20(27)29/h1-7,9,11-12,15,20,29H,8,10H2,(H,26,28,30). The molecule has 31 heavy (non-hydrogen) atoms. The quantitative estimate of drug-likeness (QED) is 0.606.